The third kappa shape index (κ3) is 4.30. The number of aryl methyl sites for hydroxylation is 2. The van der Waals surface area contributed by atoms with Gasteiger partial charge in [-0.05, 0) is 61.8 Å². The second-order valence-corrected chi connectivity index (χ2v) is 9.25. The van der Waals surface area contributed by atoms with Crippen LogP contribution in [0.2, 0.25) is 0 Å². The number of piperidine rings is 2. The maximum Gasteiger partial charge on any atom is 0.245 e. The molecule has 0 saturated carbocycles. The highest BCUT2D eigenvalue weighted by atomic mass is 19.1. The van der Waals surface area contributed by atoms with Crippen molar-refractivity contribution in [3.05, 3.63) is 47.0 Å². The fourth-order valence-corrected chi connectivity index (χ4v) is 5.23. The van der Waals surface area contributed by atoms with Crippen LogP contribution in [0.15, 0.2) is 24.5 Å². The molecule has 8 heteroatoms. The minimum Gasteiger partial charge on any atom is -0.371 e. The zero-order valence-electron chi connectivity index (χ0n) is 19.0. The molecule has 1 atom stereocenters. The van der Waals surface area contributed by atoms with Crippen molar-refractivity contribution in [1.82, 2.24) is 14.9 Å². The van der Waals surface area contributed by atoms with Gasteiger partial charge in [0, 0.05) is 50.1 Å². The van der Waals surface area contributed by atoms with Crippen molar-refractivity contribution in [3.8, 4) is 0 Å². The van der Waals surface area contributed by atoms with E-state index in [0.717, 1.165) is 62.4 Å². The van der Waals surface area contributed by atoms with Gasteiger partial charge in [-0.1, -0.05) is 6.92 Å². The van der Waals surface area contributed by atoms with Gasteiger partial charge in [0.2, 0.25) is 11.9 Å². The first-order valence-electron chi connectivity index (χ1n) is 12.0. The number of fused-ring (bicyclic) bond motifs is 1. The molecule has 1 aliphatic carbocycles. The molecule has 2 fully saturated rings. The monoisotopic (exact) mass is 451 g/mol. The number of ketones is 1. The molecule has 33 heavy (non-hydrogen) atoms. The Balaban J connectivity index is 1.22. The minimum atomic E-state index is -0.462. The Morgan fingerprint density at radius 1 is 1.06 bits per heavy atom. The van der Waals surface area contributed by atoms with Crippen molar-refractivity contribution in [2.24, 2.45) is 0 Å². The normalized spacial score (nSPS) is 21.5. The predicted octanol–water partition coefficient (Wildman–Crippen LogP) is 3.38. The molecular formula is C25H30FN5O2. The van der Waals surface area contributed by atoms with Gasteiger partial charge in [0.1, 0.15) is 11.9 Å². The van der Waals surface area contributed by atoms with Crippen LogP contribution in [0.25, 0.3) is 0 Å². The van der Waals surface area contributed by atoms with Gasteiger partial charge >= 0.3 is 0 Å². The quantitative estimate of drug-likeness (QED) is 0.751. The van der Waals surface area contributed by atoms with E-state index in [0.29, 0.717) is 30.5 Å². The average Bonchev–Trinajstić information content (AvgIpc) is 3.20. The molecule has 0 radical (unpaired) electrons. The lowest BCUT2D eigenvalue weighted by molar-refractivity contribution is -0.137. The van der Waals surface area contributed by atoms with Gasteiger partial charge in [-0.25, -0.2) is 14.4 Å². The number of aromatic nitrogens is 2. The van der Waals surface area contributed by atoms with Crippen molar-refractivity contribution < 1.29 is 14.0 Å². The first-order chi connectivity index (χ1) is 16.0. The number of halogens is 1. The van der Waals surface area contributed by atoms with Gasteiger partial charge in [0.25, 0.3) is 0 Å². The summed E-state index contributed by atoms with van der Waals surface area (Å²) in [5.41, 5.74) is 2.80. The van der Waals surface area contributed by atoms with Gasteiger partial charge in [-0.3, -0.25) is 9.59 Å². The summed E-state index contributed by atoms with van der Waals surface area (Å²) in [6.45, 7) is 4.45. The SMILES string of the molecule is CCc1cnc(N2CCC(N3CCCC(Nc4cc5c(cc4F)C(=O)CC5)C3=O)CC2)nc1. The smallest absolute Gasteiger partial charge is 0.245 e. The Morgan fingerprint density at radius 2 is 1.82 bits per heavy atom. The lowest BCUT2D eigenvalue weighted by Gasteiger charge is -2.42. The molecule has 1 amide bonds. The van der Waals surface area contributed by atoms with Crippen molar-refractivity contribution in [1.29, 1.82) is 0 Å². The number of nitrogens with one attached hydrogen (secondary N) is 1. The Bertz CT molecular complexity index is 1050. The zero-order valence-corrected chi connectivity index (χ0v) is 19.0. The summed E-state index contributed by atoms with van der Waals surface area (Å²) in [6.07, 6.45) is 9.05. The summed E-state index contributed by atoms with van der Waals surface area (Å²) in [4.78, 5) is 38.3. The first kappa shape index (κ1) is 21.8. The zero-order chi connectivity index (χ0) is 22.9. The van der Waals surface area contributed by atoms with E-state index in [4.69, 9.17) is 0 Å². The van der Waals surface area contributed by atoms with Crippen molar-refractivity contribution >= 4 is 23.3 Å². The lowest BCUT2D eigenvalue weighted by Crippen LogP contribution is -2.54. The highest BCUT2D eigenvalue weighted by Gasteiger charge is 2.35. The molecule has 5 rings (SSSR count). The number of carbonyl (C=O) groups excluding carboxylic acids is 2. The number of Topliss-reactive ketones (excluding diaryl/α,β-unsaturated/α-hetero) is 1. The summed E-state index contributed by atoms with van der Waals surface area (Å²) in [7, 11) is 0. The number of hydrogen-bond acceptors (Lipinski definition) is 6. The van der Waals surface area contributed by atoms with Gasteiger partial charge in [0.05, 0.1) is 5.69 Å². The summed E-state index contributed by atoms with van der Waals surface area (Å²) in [5.74, 6) is 0.324. The Hall–Kier alpha value is -3.03. The Morgan fingerprint density at radius 3 is 2.55 bits per heavy atom. The van der Waals surface area contributed by atoms with Crippen LogP contribution in [0, 0.1) is 5.82 Å². The molecule has 2 aliphatic heterocycles. The third-order valence-corrected chi connectivity index (χ3v) is 7.21. The molecule has 1 aromatic carbocycles. The maximum atomic E-state index is 14.6. The van der Waals surface area contributed by atoms with Crippen LogP contribution >= 0.6 is 0 Å². The molecule has 1 N–H and O–H groups in total. The second kappa shape index (κ2) is 9.08. The maximum absolute atomic E-state index is 14.6. The summed E-state index contributed by atoms with van der Waals surface area (Å²) in [5, 5.41) is 3.15. The Labute approximate surface area is 193 Å². The summed E-state index contributed by atoms with van der Waals surface area (Å²) >= 11 is 0. The molecule has 174 valence electrons. The second-order valence-electron chi connectivity index (χ2n) is 9.25. The first-order valence-corrected chi connectivity index (χ1v) is 12.0. The summed E-state index contributed by atoms with van der Waals surface area (Å²) < 4.78 is 14.6. The van der Waals surface area contributed by atoms with Crippen LogP contribution in [0.3, 0.4) is 0 Å². The van der Waals surface area contributed by atoms with Crippen molar-refractivity contribution in [2.75, 3.05) is 29.9 Å². The van der Waals surface area contributed by atoms with Crippen molar-refractivity contribution in [3.63, 3.8) is 0 Å². The molecule has 3 aliphatic rings. The van der Waals surface area contributed by atoms with Crippen molar-refractivity contribution in [2.45, 2.75) is 64.0 Å². The number of nitrogens with zero attached hydrogens (tertiary/aromatic N) is 4. The molecule has 1 unspecified atom stereocenters. The van der Waals surface area contributed by atoms with Gasteiger partial charge in [-0.2, -0.15) is 0 Å². The molecule has 2 aromatic rings. The average molecular weight is 452 g/mol. The molecule has 0 spiro atoms. The van der Waals surface area contributed by atoms with Crippen LogP contribution in [-0.4, -0.2) is 58.3 Å². The molecular weight excluding hydrogens is 421 g/mol. The fourth-order valence-electron chi connectivity index (χ4n) is 5.23. The van der Waals surface area contributed by atoms with Gasteiger partial charge < -0.3 is 15.1 Å². The van der Waals surface area contributed by atoms with Crippen LogP contribution < -0.4 is 10.2 Å². The van der Waals surface area contributed by atoms with E-state index in [-0.39, 0.29) is 17.7 Å². The molecule has 2 saturated heterocycles. The van der Waals surface area contributed by atoms with Crippen LogP contribution in [0.4, 0.5) is 16.0 Å². The number of rotatable bonds is 5. The number of anilines is 2. The van der Waals surface area contributed by atoms with Gasteiger partial charge in [-0.15, -0.1) is 0 Å². The standard InChI is InChI=1S/C25H30FN5O2/c1-2-16-14-27-25(28-15-16)30-10-7-18(8-11-30)31-9-3-4-21(24(31)33)29-22-12-17-5-6-23(32)19(17)13-20(22)26/h12-15,18,21,29H,2-11H2,1H3. The molecule has 3 heterocycles. The molecule has 0 bridgehead atoms. The minimum absolute atomic E-state index is 0.00610. The Kier molecular flexibility index (Phi) is 6.00. The predicted molar refractivity (Wildman–Crippen MR) is 124 cm³/mol. The third-order valence-electron chi connectivity index (χ3n) is 7.21. The highest BCUT2D eigenvalue weighted by molar-refractivity contribution is 6.01. The fraction of sp³-hybridized carbons (Fsp3) is 0.520. The van der Waals surface area contributed by atoms with E-state index in [1.807, 2.05) is 17.3 Å². The topological polar surface area (TPSA) is 78.4 Å². The van der Waals surface area contributed by atoms with Gasteiger partial charge in [0.15, 0.2) is 5.78 Å². The van der Waals surface area contributed by atoms with Crippen LogP contribution in [0.1, 0.15) is 60.5 Å². The number of hydrogen-bond donors (Lipinski definition) is 1. The van der Waals surface area contributed by atoms with Crippen LogP contribution in [-0.2, 0) is 17.6 Å². The van der Waals surface area contributed by atoms with E-state index in [2.05, 4.69) is 27.1 Å². The molecule has 7 nitrogen and oxygen atoms in total. The lowest BCUT2D eigenvalue weighted by atomic mass is 9.97. The number of amides is 1. The largest absolute Gasteiger partial charge is 0.371 e. The van der Waals surface area contributed by atoms with E-state index in [1.165, 1.54) is 6.07 Å². The number of carbonyl (C=O) groups is 2. The van der Waals surface area contributed by atoms with E-state index >= 15 is 0 Å². The molecule has 1 aromatic heterocycles. The van der Waals surface area contributed by atoms with Crippen LogP contribution in [0.5, 0.6) is 0 Å². The van der Waals surface area contributed by atoms with E-state index in [9.17, 15) is 14.0 Å². The number of likely N-dealkylation sites (tertiary alicyclic amines) is 1. The highest BCUT2D eigenvalue weighted by Crippen LogP contribution is 2.30. The van der Waals surface area contributed by atoms with E-state index in [1.54, 1.807) is 6.07 Å². The summed E-state index contributed by atoms with van der Waals surface area (Å²) in [6, 6.07) is 2.77. The number of benzene rings is 1. The van der Waals surface area contributed by atoms with E-state index < -0.39 is 11.9 Å².